The lowest BCUT2D eigenvalue weighted by molar-refractivity contribution is -0.137. The van der Waals surface area contributed by atoms with Gasteiger partial charge in [0.05, 0.1) is 5.56 Å². The van der Waals surface area contributed by atoms with E-state index >= 15 is 0 Å². The molecule has 0 aliphatic rings. The molecule has 0 bridgehead atoms. The number of rotatable bonds is 4. The predicted octanol–water partition coefficient (Wildman–Crippen LogP) is 9.50. The van der Waals surface area contributed by atoms with Gasteiger partial charge in [-0.1, -0.05) is 66.7 Å². The van der Waals surface area contributed by atoms with Crippen LogP contribution in [0.25, 0.3) is 41.8 Å². The lowest BCUT2D eigenvalue weighted by Crippen LogP contribution is -2.03. The van der Waals surface area contributed by atoms with Crippen LogP contribution in [0.3, 0.4) is 0 Å². The molecule has 0 aliphatic heterocycles. The van der Waals surface area contributed by atoms with Gasteiger partial charge in [0.25, 0.3) is 0 Å². The average Bonchev–Trinajstić information content (AvgIpc) is 3.50. The van der Waals surface area contributed by atoms with E-state index in [0.717, 1.165) is 33.0 Å². The summed E-state index contributed by atoms with van der Waals surface area (Å²) >= 11 is 3.34. The highest BCUT2D eigenvalue weighted by atomic mass is 32.1. The normalized spacial score (nSPS) is 11.6. The van der Waals surface area contributed by atoms with Gasteiger partial charge in [0.1, 0.15) is 0 Å². The van der Waals surface area contributed by atoms with Crippen molar-refractivity contribution in [2.24, 2.45) is 0 Å². The average molecular weight is 463 g/mol. The minimum absolute atomic E-state index is 0.627. The third-order valence-corrected chi connectivity index (χ3v) is 7.59. The summed E-state index contributed by atoms with van der Waals surface area (Å²) in [6, 6.07) is 32.4. The Morgan fingerprint density at radius 3 is 1.12 bits per heavy atom. The first kappa shape index (κ1) is 20.7. The van der Waals surface area contributed by atoms with E-state index < -0.39 is 11.7 Å². The molecule has 5 rings (SSSR count). The van der Waals surface area contributed by atoms with Crippen LogP contribution >= 0.6 is 22.7 Å². The molecule has 0 unspecified atom stereocenters. The van der Waals surface area contributed by atoms with Crippen LogP contribution in [-0.2, 0) is 6.18 Å². The molecular weight excluding hydrogens is 445 g/mol. The molecule has 0 amide bonds. The van der Waals surface area contributed by atoms with Crippen LogP contribution in [0.1, 0.15) is 5.56 Å². The molecule has 0 N–H and O–H groups in total. The van der Waals surface area contributed by atoms with Crippen molar-refractivity contribution in [3.8, 4) is 41.8 Å². The van der Waals surface area contributed by atoms with E-state index in [4.69, 9.17) is 0 Å². The lowest BCUT2D eigenvalue weighted by atomic mass is 10.1. The van der Waals surface area contributed by atoms with E-state index in [0.29, 0.717) is 0 Å². The molecule has 2 heterocycles. The molecule has 0 radical (unpaired) electrons. The molecule has 158 valence electrons. The second-order valence-electron chi connectivity index (χ2n) is 7.35. The molecule has 3 aromatic carbocycles. The lowest BCUT2D eigenvalue weighted by Gasteiger charge is -2.06. The Labute approximate surface area is 192 Å². The maximum atomic E-state index is 12.8. The smallest absolute Gasteiger partial charge is 0.166 e. The monoisotopic (exact) mass is 462 g/mol. The van der Waals surface area contributed by atoms with Gasteiger partial charge in [0.15, 0.2) is 0 Å². The van der Waals surface area contributed by atoms with E-state index in [1.54, 1.807) is 22.7 Å². The van der Waals surface area contributed by atoms with Crippen LogP contribution in [-0.4, -0.2) is 0 Å². The third kappa shape index (κ3) is 4.27. The standard InChI is InChI=1S/C27H17F3S2/c28-27(29,30)22-12-10-21(11-13-22)26-17-16-25(32-26)20-8-6-19(7-9-20)24-15-14-23(31-24)18-4-2-1-3-5-18/h1-17H. The number of hydrogen-bond acceptors (Lipinski definition) is 2. The quantitative estimate of drug-likeness (QED) is 0.249. The summed E-state index contributed by atoms with van der Waals surface area (Å²) in [7, 11) is 0. The minimum atomic E-state index is -4.31. The molecule has 0 saturated heterocycles. The van der Waals surface area contributed by atoms with Gasteiger partial charge in [-0.3, -0.25) is 0 Å². The van der Waals surface area contributed by atoms with Crippen molar-refractivity contribution >= 4 is 22.7 Å². The van der Waals surface area contributed by atoms with Crippen LogP contribution in [0.5, 0.6) is 0 Å². The Balaban J connectivity index is 1.35. The topological polar surface area (TPSA) is 0 Å². The van der Waals surface area contributed by atoms with Gasteiger partial charge in [-0.2, -0.15) is 13.2 Å². The Bertz CT molecular complexity index is 1330. The van der Waals surface area contributed by atoms with Crippen LogP contribution < -0.4 is 0 Å². The Morgan fingerprint density at radius 2 is 0.750 bits per heavy atom. The summed E-state index contributed by atoms with van der Waals surface area (Å²) in [6.45, 7) is 0. The van der Waals surface area contributed by atoms with E-state index in [2.05, 4.69) is 48.5 Å². The zero-order valence-corrected chi connectivity index (χ0v) is 18.4. The molecule has 0 atom stereocenters. The van der Waals surface area contributed by atoms with E-state index in [-0.39, 0.29) is 0 Å². The van der Waals surface area contributed by atoms with Crippen molar-refractivity contribution in [2.75, 3.05) is 0 Å². The van der Waals surface area contributed by atoms with Gasteiger partial charge >= 0.3 is 6.18 Å². The molecule has 2 aromatic heterocycles. The Kier molecular flexibility index (Phi) is 5.45. The van der Waals surface area contributed by atoms with E-state index in [9.17, 15) is 13.2 Å². The van der Waals surface area contributed by atoms with Crippen molar-refractivity contribution in [3.63, 3.8) is 0 Å². The zero-order chi connectivity index (χ0) is 22.1. The van der Waals surface area contributed by atoms with Crippen molar-refractivity contribution in [2.45, 2.75) is 6.18 Å². The van der Waals surface area contributed by atoms with Crippen LogP contribution in [0, 0.1) is 0 Å². The molecule has 0 spiro atoms. The van der Waals surface area contributed by atoms with E-state index in [1.807, 2.05) is 30.3 Å². The summed E-state index contributed by atoms with van der Waals surface area (Å²) in [4.78, 5) is 4.49. The fourth-order valence-corrected chi connectivity index (χ4v) is 5.55. The first-order valence-electron chi connectivity index (χ1n) is 10.0. The van der Waals surface area contributed by atoms with Gasteiger partial charge in [-0.25, -0.2) is 0 Å². The van der Waals surface area contributed by atoms with Gasteiger partial charge in [0.2, 0.25) is 0 Å². The molecule has 0 nitrogen and oxygen atoms in total. The predicted molar refractivity (Wildman–Crippen MR) is 129 cm³/mol. The highest BCUT2D eigenvalue weighted by molar-refractivity contribution is 7.19. The Morgan fingerprint density at radius 1 is 0.406 bits per heavy atom. The SMILES string of the molecule is FC(F)(F)c1ccc(-c2ccc(-c3ccc(-c4ccc(-c5ccccc5)s4)cc3)s2)cc1. The number of thiophene rings is 2. The number of halogens is 3. The van der Waals surface area contributed by atoms with Gasteiger partial charge in [-0.05, 0) is 58.7 Å². The number of hydrogen-bond donors (Lipinski definition) is 0. The second kappa shape index (κ2) is 8.41. The molecule has 0 saturated carbocycles. The van der Waals surface area contributed by atoms with Gasteiger partial charge in [-0.15, -0.1) is 22.7 Å². The minimum Gasteiger partial charge on any atom is -0.166 e. The molecule has 0 fully saturated rings. The zero-order valence-electron chi connectivity index (χ0n) is 16.8. The maximum absolute atomic E-state index is 12.8. The second-order valence-corrected chi connectivity index (χ2v) is 9.51. The van der Waals surface area contributed by atoms with Crippen molar-refractivity contribution in [1.29, 1.82) is 0 Å². The van der Waals surface area contributed by atoms with Crippen molar-refractivity contribution < 1.29 is 13.2 Å². The number of benzene rings is 3. The summed E-state index contributed by atoms with van der Waals surface area (Å²) in [5.74, 6) is 0. The molecule has 0 aliphatic carbocycles. The largest absolute Gasteiger partial charge is 0.416 e. The van der Waals surface area contributed by atoms with Gasteiger partial charge < -0.3 is 0 Å². The third-order valence-electron chi connectivity index (χ3n) is 5.22. The molecule has 5 heteroatoms. The van der Waals surface area contributed by atoms with E-state index in [1.165, 1.54) is 33.0 Å². The summed E-state index contributed by atoms with van der Waals surface area (Å²) in [5.41, 5.74) is 3.64. The Hall–Kier alpha value is -3.15. The summed E-state index contributed by atoms with van der Waals surface area (Å²) < 4.78 is 38.4. The van der Waals surface area contributed by atoms with Crippen molar-refractivity contribution in [3.05, 3.63) is 109 Å². The summed E-state index contributed by atoms with van der Waals surface area (Å²) in [6.07, 6.45) is -4.31. The molecular formula is C27H17F3S2. The molecule has 32 heavy (non-hydrogen) atoms. The van der Waals surface area contributed by atoms with Gasteiger partial charge in [0, 0.05) is 19.5 Å². The highest BCUT2D eigenvalue weighted by Crippen LogP contribution is 2.38. The molecule has 5 aromatic rings. The first-order chi connectivity index (χ1) is 15.5. The summed E-state index contributed by atoms with van der Waals surface area (Å²) in [5, 5.41) is 0. The highest BCUT2D eigenvalue weighted by Gasteiger charge is 2.30. The maximum Gasteiger partial charge on any atom is 0.416 e. The number of alkyl halides is 3. The van der Waals surface area contributed by atoms with Crippen LogP contribution in [0.15, 0.2) is 103 Å². The van der Waals surface area contributed by atoms with Crippen LogP contribution in [0.4, 0.5) is 13.2 Å². The first-order valence-corrected chi connectivity index (χ1v) is 11.6. The fraction of sp³-hybridized carbons (Fsp3) is 0.0370. The van der Waals surface area contributed by atoms with Crippen LogP contribution in [0.2, 0.25) is 0 Å². The van der Waals surface area contributed by atoms with Crippen molar-refractivity contribution in [1.82, 2.24) is 0 Å². The fourth-order valence-electron chi connectivity index (χ4n) is 3.52.